The van der Waals surface area contributed by atoms with E-state index in [0.29, 0.717) is 12.8 Å². The zero-order chi connectivity index (χ0) is 12.6. The van der Waals surface area contributed by atoms with Gasteiger partial charge in [0.15, 0.2) is 5.41 Å². The van der Waals surface area contributed by atoms with Crippen molar-refractivity contribution in [3.8, 4) is 0 Å². The number of ether oxygens (including phenoxy) is 2. The summed E-state index contributed by atoms with van der Waals surface area (Å²) in [6, 6.07) is 0. The summed E-state index contributed by atoms with van der Waals surface area (Å²) in [4.78, 5) is 23.3. The van der Waals surface area contributed by atoms with Gasteiger partial charge in [-0.05, 0) is 33.1 Å². The number of hydrogen-bond donors (Lipinski definition) is 0. The number of unbranched alkanes of at least 4 members (excludes halogenated alkanes) is 1. The molecular weight excluding hydrogens is 208 g/mol. The number of allylic oxidation sites excluding steroid dienone is 1. The van der Waals surface area contributed by atoms with E-state index in [2.05, 4.69) is 11.3 Å². The first-order valence-electron chi connectivity index (χ1n) is 5.39. The van der Waals surface area contributed by atoms with Crippen LogP contribution in [-0.2, 0) is 19.1 Å². The molecule has 0 saturated heterocycles. The molecule has 0 aliphatic heterocycles. The summed E-state index contributed by atoms with van der Waals surface area (Å²) < 4.78 is 9.54. The van der Waals surface area contributed by atoms with Gasteiger partial charge < -0.3 is 9.47 Å². The third-order valence-corrected chi connectivity index (χ3v) is 2.45. The van der Waals surface area contributed by atoms with Crippen LogP contribution in [0.25, 0.3) is 0 Å². The second kappa shape index (κ2) is 7.04. The van der Waals surface area contributed by atoms with Crippen LogP contribution in [0.1, 0.15) is 33.1 Å². The average molecular weight is 228 g/mol. The van der Waals surface area contributed by atoms with E-state index >= 15 is 0 Å². The number of hydrogen-bond acceptors (Lipinski definition) is 4. The van der Waals surface area contributed by atoms with Crippen molar-refractivity contribution >= 4 is 11.9 Å². The quantitative estimate of drug-likeness (QED) is 0.290. The molecule has 16 heavy (non-hydrogen) atoms. The Kier molecular flexibility index (Phi) is 6.46. The standard InChI is InChI=1S/C12H20O4/c1-5-7-8-9-12(3,10(13)15-4)11(14)16-6-2/h5H,1,6-9H2,2-4H3. The molecule has 0 aromatic heterocycles. The Balaban J connectivity index is 4.66. The largest absolute Gasteiger partial charge is 0.468 e. The van der Waals surface area contributed by atoms with Gasteiger partial charge in [0.2, 0.25) is 0 Å². The van der Waals surface area contributed by atoms with Crippen LogP contribution in [0.15, 0.2) is 12.7 Å². The van der Waals surface area contributed by atoms with Crippen LogP contribution in [0.2, 0.25) is 0 Å². The molecule has 0 saturated carbocycles. The van der Waals surface area contributed by atoms with E-state index in [1.807, 2.05) is 0 Å². The first-order chi connectivity index (χ1) is 7.52. The molecule has 0 bridgehead atoms. The summed E-state index contributed by atoms with van der Waals surface area (Å²) in [7, 11) is 1.27. The fourth-order valence-corrected chi connectivity index (χ4v) is 1.40. The Morgan fingerprint density at radius 2 is 2.00 bits per heavy atom. The third-order valence-electron chi connectivity index (χ3n) is 2.45. The SMILES string of the molecule is C=CCCCC(C)(C(=O)OC)C(=O)OCC. The van der Waals surface area contributed by atoms with Crippen molar-refractivity contribution in [2.24, 2.45) is 5.41 Å². The van der Waals surface area contributed by atoms with E-state index in [1.54, 1.807) is 19.9 Å². The van der Waals surface area contributed by atoms with Gasteiger partial charge in [0.25, 0.3) is 0 Å². The lowest BCUT2D eigenvalue weighted by Gasteiger charge is -2.23. The third kappa shape index (κ3) is 3.68. The van der Waals surface area contributed by atoms with E-state index in [9.17, 15) is 9.59 Å². The summed E-state index contributed by atoms with van der Waals surface area (Å²) in [5, 5.41) is 0. The monoisotopic (exact) mass is 228 g/mol. The molecule has 92 valence electrons. The van der Waals surface area contributed by atoms with Crippen molar-refractivity contribution in [3.63, 3.8) is 0 Å². The minimum absolute atomic E-state index is 0.257. The van der Waals surface area contributed by atoms with E-state index in [4.69, 9.17) is 4.74 Å². The lowest BCUT2D eigenvalue weighted by atomic mass is 9.85. The van der Waals surface area contributed by atoms with Gasteiger partial charge in [-0.1, -0.05) is 6.08 Å². The fourth-order valence-electron chi connectivity index (χ4n) is 1.40. The highest BCUT2D eigenvalue weighted by Gasteiger charge is 2.43. The van der Waals surface area contributed by atoms with E-state index in [0.717, 1.165) is 6.42 Å². The van der Waals surface area contributed by atoms with Crippen LogP contribution >= 0.6 is 0 Å². The maximum absolute atomic E-state index is 11.7. The molecule has 1 unspecified atom stereocenters. The van der Waals surface area contributed by atoms with Crippen LogP contribution in [0.3, 0.4) is 0 Å². The Labute approximate surface area is 96.6 Å². The maximum Gasteiger partial charge on any atom is 0.323 e. The average Bonchev–Trinajstić information content (AvgIpc) is 2.28. The molecule has 0 aromatic carbocycles. The van der Waals surface area contributed by atoms with E-state index < -0.39 is 17.4 Å². The summed E-state index contributed by atoms with van der Waals surface area (Å²) in [6.07, 6.45) is 3.62. The Hall–Kier alpha value is -1.32. The van der Waals surface area contributed by atoms with Crippen molar-refractivity contribution < 1.29 is 19.1 Å². The second-order valence-electron chi connectivity index (χ2n) is 3.73. The Morgan fingerprint density at radius 1 is 1.38 bits per heavy atom. The summed E-state index contributed by atoms with van der Waals surface area (Å²) in [5.41, 5.74) is -1.20. The molecule has 0 aliphatic carbocycles. The molecule has 0 heterocycles. The Morgan fingerprint density at radius 3 is 2.44 bits per heavy atom. The highest BCUT2D eigenvalue weighted by atomic mass is 16.5. The van der Waals surface area contributed by atoms with Gasteiger partial charge in [-0.15, -0.1) is 6.58 Å². The predicted molar refractivity (Wildman–Crippen MR) is 60.8 cm³/mol. The van der Waals surface area contributed by atoms with Gasteiger partial charge in [-0.3, -0.25) is 9.59 Å². The minimum Gasteiger partial charge on any atom is -0.468 e. The molecule has 1 atom stereocenters. The number of methoxy groups -OCH3 is 1. The van der Waals surface area contributed by atoms with Gasteiger partial charge in [-0.2, -0.15) is 0 Å². The van der Waals surface area contributed by atoms with Crippen molar-refractivity contribution in [2.75, 3.05) is 13.7 Å². The number of carbonyl (C=O) groups is 2. The number of carbonyl (C=O) groups excluding carboxylic acids is 2. The molecule has 0 amide bonds. The van der Waals surface area contributed by atoms with Crippen molar-refractivity contribution in [1.29, 1.82) is 0 Å². The van der Waals surface area contributed by atoms with E-state index in [1.165, 1.54) is 7.11 Å². The van der Waals surface area contributed by atoms with Crippen LogP contribution in [0.4, 0.5) is 0 Å². The smallest absolute Gasteiger partial charge is 0.323 e. The first kappa shape index (κ1) is 14.7. The van der Waals surface area contributed by atoms with E-state index in [-0.39, 0.29) is 6.61 Å². The fraction of sp³-hybridized carbons (Fsp3) is 0.667. The molecule has 4 heteroatoms. The second-order valence-corrected chi connectivity index (χ2v) is 3.73. The highest BCUT2D eigenvalue weighted by molar-refractivity contribution is 5.99. The number of rotatable bonds is 7. The molecule has 4 nitrogen and oxygen atoms in total. The molecular formula is C12H20O4. The van der Waals surface area contributed by atoms with Crippen molar-refractivity contribution in [2.45, 2.75) is 33.1 Å². The molecule has 0 fully saturated rings. The number of esters is 2. The lowest BCUT2D eigenvalue weighted by Crippen LogP contribution is -2.39. The first-order valence-corrected chi connectivity index (χ1v) is 5.39. The molecule has 0 N–H and O–H groups in total. The van der Waals surface area contributed by atoms with Gasteiger partial charge in [-0.25, -0.2) is 0 Å². The van der Waals surface area contributed by atoms with Gasteiger partial charge in [0.1, 0.15) is 0 Å². The molecule has 0 radical (unpaired) electrons. The van der Waals surface area contributed by atoms with Crippen molar-refractivity contribution in [3.05, 3.63) is 12.7 Å². The van der Waals surface area contributed by atoms with Crippen LogP contribution in [0.5, 0.6) is 0 Å². The summed E-state index contributed by atoms with van der Waals surface area (Å²) in [6.45, 7) is 7.11. The topological polar surface area (TPSA) is 52.6 Å². The highest BCUT2D eigenvalue weighted by Crippen LogP contribution is 2.27. The van der Waals surface area contributed by atoms with Gasteiger partial charge >= 0.3 is 11.9 Å². The van der Waals surface area contributed by atoms with Crippen LogP contribution in [0, 0.1) is 5.41 Å². The van der Waals surface area contributed by atoms with Crippen molar-refractivity contribution in [1.82, 2.24) is 0 Å². The normalized spacial score (nSPS) is 13.7. The maximum atomic E-state index is 11.7. The van der Waals surface area contributed by atoms with Gasteiger partial charge in [0, 0.05) is 0 Å². The lowest BCUT2D eigenvalue weighted by molar-refractivity contribution is -0.169. The molecule has 0 aromatic rings. The summed E-state index contributed by atoms with van der Waals surface area (Å²) in [5.74, 6) is -1.07. The van der Waals surface area contributed by atoms with Crippen LogP contribution < -0.4 is 0 Å². The molecule has 0 rings (SSSR count). The zero-order valence-corrected chi connectivity index (χ0v) is 10.2. The van der Waals surface area contributed by atoms with Gasteiger partial charge in [0.05, 0.1) is 13.7 Å². The van der Waals surface area contributed by atoms with Crippen LogP contribution in [-0.4, -0.2) is 25.7 Å². The Bertz CT molecular complexity index is 260. The molecule has 0 spiro atoms. The zero-order valence-electron chi connectivity index (χ0n) is 10.2. The predicted octanol–water partition coefficient (Wildman–Crippen LogP) is 2.09. The molecule has 0 aliphatic rings. The minimum atomic E-state index is -1.20. The summed E-state index contributed by atoms with van der Waals surface area (Å²) >= 11 is 0.